The zero-order chi connectivity index (χ0) is 18.1. The first-order chi connectivity index (χ1) is 12.1. The zero-order valence-corrected chi connectivity index (χ0v) is 14.4. The molecule has 0 saturated heterocycles. The minimum absolute atomic E-state index is 0.0872. The molecule has 5 nitrogen and oxygen atoms in total. The molecule has 0 fully saturated rings. The molecule has 132 valence electrons. The summed E-state index contributed by atoms with van der Waals surface area (Å²) >= 11 is 0. The maximum atomic E-state index is 12.2. The van der Waals surface area contributed by atoms with Gasteiger partial charge in [-0.2, -0.15) is 0 Å². The summed E-state index contributed by atoms with van der Waals surface area (Å²) in [6, 6.07) is 15.8. The van der Waals surface area contributed by atoms with Gasteiger partial charge in [0.05, 0.1) is 0 Å². The SMILES string of the molecule is Cc1cc(C(=O)NCCCCCC(=O)NO)ccc1-c1ccccc1. The third-order valence-electron chi connectivity index (χ3n) is 4.06. The van der Waals surface area contributed by atoms with E-state index in [-0.39, 0.29) is 11.8 Å². The Morgan fingerprint density at radius 1 is 1.00 bits per heavy atom. The van der Waals surface area contributed by atoms with Crippen molar-refractivity contribution in [3.63, 3.8) is 0 Å². The highest BCUT2D eigenvalue weighted by molar-refractivity contribution is 5.95. The summed E-state index contributed by atoms with van der Waals surface area (Å²) < 4.78 is 0. The Balaban J connectivity index is 1.82. The van der Waals surface area contributed by atoms with Crippen LogP contribution in [0.4, 0.5) is 0 Å². The van der Waals surface area contributed by atoms with Crippen LogP contribution < -0.4 is 10.8 Å². The number of amides is 2. The van der Waals surface area contributed by atoms with E-state index >= 15 is 0 Å². The fourth-order valence-electron chi connectivity index (χ4n) is 2.69. The van der Waals surface area contributed by atoms with E-state index in [1.807, 2.05) is 43.3 Å². The summed E-state index contributed by atoms with van der Waals surface area (Å²) in [7, 11) is 0. The van der Waals surface area contributed by atoms with Crippen LogP contribution in [0.1, 0.15) is 41.6 Å². The zero-order valence-electron chi connectivity index (χ0n) is 14.4. The second-order valence-electron chi connectivity index (χ2n) is 6.00. The molecule has 0 aliphatic carbocycles. The maximum Gasteiger partial charge on any atom is 0.251 e. The second kappa shape index (κ2) is 9.59. The number of rotatable bonds is 8. The van der Waals surface area contributed by atoms with Gasteiger partial charge in [0.25, 0.3) is 5.91 Å². The predicted molar refractivity (Wildman–Crippen MR) is 97.3 cm³/mol. The van der Waals surface area contributed by atoms with E-state index in [1.54, 1.807) is 5.48 Å². The third kappa shape index (κ3) is 5.72. The molecule has 2 amide bonds. The maximum absolute atomic E-state index is 12.2. The smallest absolute Gasteiger partial charge is 0.251 e. The van der Waals surface area contributed by atoms with Crippen molar-refractivity contribution in [3.05, 3.63) is 59.7 Å². The molecular formula is C20H24N2O3. The largest absolute Gasteiger partial charge is 0.352 e. The first-order valence-corrected chi connectivity index (χ1v) is 8.49. The van der Waals surface area contributed by atoms with Crippen molar-refractivity contribution in [2.75, 3.05) is 6.54 Å². The molecule has 5 heteroatoms. The van der Waals surface area contributed by atoms with Crippen molar-refractivity contribution in [2.45, 2.75) is 32.6 Å². The van der Waals surface area contributed by atoms with E-state index in [1.165, 1.54) is 0 Å². The van der Waals surface area contributed by atoms with Gasteiger partial charge >= 0.3 is 0 Å². The summed E-state index contributed by atoms with van der Waals surface area (Å²) in [6.45, 7) is 2.57. The van der Waals surface area contributed by atoms with Gasteiger partial charge in [0.1, 0.15) is 0 Å². The Labute approximate surface area is 148 Å². The Morgan fingerprint density at radius 3 is 2.44 bits per heavy atom. The molecule has 0 aliphatic rings. The molecule has 0 radical (unpaired) electrons. The Morgan fingerprint density at radius 2 is 1.76 bits per heavy atom. The predicted octanol–water partition coefficient (Wildman–Crippen LogP) is 3.46. The number of nitrogens with one attached hydrogen (secondary N) is 2. The van der Waals surface area contributed by atoms with Crippen LogP contribution in [0.3, 0.4) is 0 Å². The summed E-state index contributed by atoms with van der Waals surface area (Å²) in [5, 5.41) is 11.3. The van der Waals surface area contributed by atoms with E-state index < -0.39 is 0 Å². The lowest BCUT2D eigenvalue weighted by Gasteiger charge is -2.09. The minimum atomic E-state index is -0.377. The van der Waals surface area contributed by atoms with Crippen molar-refractivity contribution in [1.82, 2.24) is 10.8 Å². The van der Waals surface area contributed by atoms with Crippen molar-refractivity contribution in [1.29, 1.82) is 0 Å². The Hall–Kier alpha value is -2.66. The molecule has 0 atom stereocenters. The molecule has 2 rings (SSSR count). The molecule has 25 heavy (non-hydrogen) atoms. The van der Waals surface area contributed by atoms with Crippen molar-refractivity contribution < 1.29 is 14.8 Å². The Bertz CT molecular complexity index is 714. The summed E-state index contributed by atoms with van der Waals surface area (Å²) in [5.41, 5.74) is 5.58. The van der Waals surface area contributed by atoms with Gasteiger partial charge in [-0.15, -0.1) is 0 Å². The van der Waals surface area contributed by atoms with E-state index in [0.717, 1.165) is 29.5 Å². The summed E-state index contributed by atoms with van der Waals surface area (Å²) in [4.78, 5) is 23.1. The van der Waals surface area contributed by atoms with Gasteiger partial charge in [-0.25, -0.2) is 5.48 Å². The number of aryl methyl sites for hydroxylation is 1. The highest BCUT2D eigenvalue weighted by Crippen LogP contribution is 2.23. The molecule has 0 unspecified atom stereocenters. The van der Waals surface area contributed by atoms with Gasteiger partial charge in [0.2, 0.25) is 5.91 Å². The van der Waals surface area contributed by atoms with Crippen LogP contribution in [0.25, 0.3) is 11.1 Å². The number of hydrogen-bond acceptors (Lipinski definition) is 3. The number of carbonyl (C=O) groups excluding carboxylic acids is 2. The molecule has 0 spiro atoms. The minimum Gasteiger partial charge on any atom is -0.352 e. The molecule has 0 heterocycles. The number of hydroxylamine groups is 1. The van der Waals surface area contributed by atoms with Crippen molar-refractivity contribution in [2.24, 2.45) is 0 Å². The van der Waals surface area contributed by atoms with Gasteiger partial charge in [0, 0.05) is 18.5 Å². The average molecular weight is 340 g/mol. The van der Waals surface area contributed by atoms with Crippen LogP contribution in [0.2, 0.25) is 0 Å². The molecule has 0 saturated carbocycles. The lowest BCUT2D eigenvalue weighted by molar-refractivity contribution is -0.129. The lowest BCUT2D eigenvalue weighted by atomic mass is 9.98. The third-order valence-corrected chi connectivity index (χ3v) is 4.06. The van der Waals surface area contributed by atoms with E-state index in [9.17, 15) is 9.59 Å². The molecule has 0 aliphatic heterocycles. The molecule has 2 aromatic rings. The van der Waals surface area contributed by atoms with Gasteiger partial charge in [-0.1, -0.05) is 42.8 Å². The fourth-order valence-corrected chi connectivity index (χ4v) is 2.69. The van der Waals surface area contributed by atoms with Crippen LogP contribution >= 0.6 is 0 Å². The van der Waals surface area contributed by atoms with Crippen LogP contribution in [0, 0.1) is 6.92 Å². The Kier molecular flexibility index (Phi) is 7.16. The number of hydrogen-bond donors (Lipinski definition) is 3. The van der Waals surface area contributed by atoms with Crippen LogP contribution in [0.15, 0.2) is 48.5 Å². The summed E-state index contributed by atoms with van der Waals surface area (Å²) in [6.07, 6.45) is 2.60. The van der Waals surface area contributed by atoms with Crippen LogP contribution in [-0.4, -0.2) is 23.6 Å². The quantitative estimate of drug-likeness (QED) is 0.391. The van der Waals surface area contributed by atoms with E-state index in [4.69, 9.17) is 5.21 Å². The van der Waals surface area contributed by atoms with Crippen LogP contribution in [-0.2, 0) is 4.79 Å². The fraction of sp³-hybridized carbons (Fsp3) is 0.300. The lowest BCUT2D eigenvalue weighted by Crippen LogP contribution is -2.24. The van der Waals surface area contributed by atoms with E-state index in [2.05, 4.69) is 17.4 Å². The highest BCUT2D eigenvalue weighted by Gasteiger charge is 2.08. The normalized spacial score (nSPS) is 10.3. The van der Waals surface area contributed by atoms with Crippen molar-refractivity contribution in [3.8, 4) is 11.1 Å². The number of benzene rings is 2. The monoisotopic (exact) mass is 340 g/mol. The topological polar surface area (TPSA) is 78.4 Å². The van der Waals surface area contributed by atoms with Gasteiger partial charge in [-0.05, 0) is 48.6 Å². The molecule has 2 aromatic carbocycles. The van der Waals surface area contributed by atoms with Gasteiger partial charge in [-0.3, -0.25) is 14.8 Å². The van der Waals surface area contributed by atoms with Crippen LogP contribution in [0.5, 0.6) is 0 Å². The first-order valence-electron chi connectivity index (χ1n) is 8.49. The number of carbonyl (C=O) groups is 2. The molecule has 0 aromatic heterocycles. The molecule has 3 N–H and O–H groups in total. The number of unbranched alkanes of at least 4 members (excludes halogenated alkanes) is 2. The van der Waals surface area contributed by atoms with Gasteiger partial charge < -0.3 is 5.32 Å². The van der Waals surface area contributed by atoms with Crippen molar-refractivity contribution >= 4 is 11.8 Å². The second-order valence-corrected chi connectivity index (χ2v) is 6.00. The first kappa shape index (κ1) is 18.7. The standard InChI is InChI=1S/C20H24N2O3/c1-15-14-17(11-12-18(15)16-8-4-2-5-9-16)20(24)21-13-7-3-6-10-19(23)22-25/h2,4-5,8-9,11-12,14,25H,3,6-7,10,13H2,1H3,(H,21,24)(H,22,23). The summed E-state index contributed by atoms with van der Waals surface area (Å²) in [5.74, 6) is -0.464. The highest BCUT2D eigenvalue weighted by atomic mass is 16.5. The molecule has 0 bridgehead atoms. The molecular weight excluding hydrogens is 316 g/mol. The average Bonchev–Trinajstić information content (AvgIpc) is 2.64. The van der Waals surface area contributed by atoms with E-state index in [0.29, 0.717) is 24.9 Å². The van der Waals surface area contributed by atoms with Gasteiger partial charge in [0.15, 0.2) is 0 Å².